The third-order valence-electron chi connectivity index (χ3n) is 2.52. The molecule has 0 spiro atoms. The molecule has 1 amide bonds. The smallest absolute Gasteiger partial charge is 0.239 e. The molecule has 1 rings (SSSR count). The predicted molar refractivity (Wildman–Crippen MR) is 59.7 cm³/mol. The molecule has 0 aromatic rings. The minimum Gasteiger partial charge on any atom is -0.380 e. The fourth-order valence-electron chi connectivity index (χ4n) is 1.64. The number of amides is 1. The molecule has 0 aliphatic carbocycles. The maximum atomic E-state index is 11.5. The van der Waals surface area contributed by atoms with Gasteiger partial charge in [-0.15, -0.1) is 0 Å². The first kappa shape index (κ1) is 12.5. The van der Waals surface area contributed by atoms with Crippen LogP contribution in [0.1, 0.15) is 20.3 Å². The van der Waals surface area contributed by atoms with Gasteiger partial charge in [0.05, 0.1) is 12.6 Å². The van der Waals surface area contributed by atoms with Crippen molar-refractivity contribution in [2.24, 2.45) is 5.92 Å². The van der Waals surface area contributed by atoms with E-state index in [1.54, 1.807) is 4.90 Å². The molecule has 0 aromatic carbocycles. The Morgan fingerprint density at radius 3 is 2.87 bits per heavy atom. The molecule has 15 heavy (non-hydrogen) atoms. The topological polar surface area (TPSA) is 41.6 Å². The Labute approximate surface area is 92.0 Å². The Morgan fingerprint density at radius 2 is 2.33 bits per heavy atom. The van der Waals surface area contributed by atoms with Gasteiger partial charge in [0.1, 0.15) is 0 Å². The Balaban J connectivity index is 2.03. The molecule has 1 heterocycles. The number of likely N-dealkylation sites (N-methyl/N-ethyl adjacent to an activating group) is 1. The summed E-state index contributed by atoms with van der Waals surface area (Å²) in [6.07, 6.45) is 0.916. The third-order valence-corrected chi connectivity index (χ3v) is 2.52. The van der Waals surface area contributed by atoms with E-state index in [1.807, 2.05) is 7.05 Å². The molecular weight excluding hydrogens is 192 g/mol. The summed E-state index contributed by atoms with van der Waals surface area (Å²) in [5.74, 6) is 0.781. The fraction of sp³-hybridized carbons (Fsp3) is 0.909. The van der Waals surface area contributed by atoms with Crippen molar-refractivity contribution in [2.75, 3.05) is 33.4 Å². The molecule has 0 saturated carbocycles. The summed E-state index contributed by atoms with van der Waals surface area (Å²) in [4.78, 5) is 13.3. The lowest BCUT2D eigenvalue weighted by molar-refractivity contribution is -0.128. The maximum absolute atomic E-state index is 11.5. The molecule has 4 heteroatoms. The number of hydrogen-bond donors (Lipinski definition) is 1. The van der Waals surface area contributed by atoms with Gasteiger partial charge in [-0.1, -0.05) is 13.8 Å². The Bertz CT molecular complexity index is 207. The maximum Gasteiger partial charge on any atom is 0.239 e. The van der Waals surface area contributed by atoms with Crippen LogP contribution in [0.25, 0.3) is 0 Å². The van der Waals surface area contributed by atoms with Crippen molar-refractivity contribution in [3.05, 3.63) is 0 Å². The predicted octanol–water partition coefficient (Wildman–Crippen LogP) is 0.479. The van der Waals surface area contributed by atoms with Gasteiger partial charge in [-0.2, -0.15) is 0 Å². The zero-order chi connectivity index (χ0) is 11.3. The highest BCUT2D eigenvalue weighted by atomic mass is 16.5. The number of ether oxygens (including phenoxy) is 1. The van der Waals surface area contributed by atoms with Crippen molar-refractivity contribution in [1.82, 2.24) is 10.2 Å². The number of nitrogens with zero attached hydrogens (tertiary/aromatic N) is 1. The summed E-state index contributed by atoms with van der Waals surface area (Å²) in [5.41, 5.74) is 0. The third kappa shape index (κ3) is 4.18. The van der Waals surface area contributed by atoms with Crippen LogP contribution in [0.15, 0.2) is 0 Å². The number of nitrogens with one attached hydrogen (secondary N) is 1. The molecule has 0 radical (unpaired) electrons. The van der Waals surface area contributed by atoms with E-state index in [1.165, 1.54) is 0 Å². The molecule has 1 aliphatic rings. The van der Waals surface area contributed by atoms with Crippen molar-refractivity contribution in [1.29, 1.82) is 0 Å². The van der Waals surface area contributed by atoms with Crippen LogP contribution < -0.4 is 5.32 Å². The molecule has 4 nitrogen and oxygen atoms in total. The average molecular weight is 214 g/mol. The number of carbonyl (C=O) groups is 1. The summed E-state index contributed by atoms with van der Waals surface area (Å²) in [7, 11) is 1.85. The van der Waals surface area contributed by atoms with E-state index in [4.69, 9.17) is 4.74 Å². The minimum atomic E-state index is 0.0117. The minimum absolute atomic E-state index is 0.0117. The van der Waals surface area contributed by atoms with Crippen molar-refractivity contribution >= 4 is 5.91 Å². The summed E-state index contributed by atoms with van der Waals surface area (Å²) in [5, 5.41) is 3.22. The van der Waals surface area contributed by atoms with E-state index in [2.05, 4.69) is 19.2 Å². The van der Waals surface area contributed by atoms with Gasteiger partial charge in [0.25, 0.3) is 0 Å². The van der Waals surface area contributed by atoms with E-state index < -0.39 is 0 Å². The summed E-state index contributed by atoms with van der Waals surface area (Å²) >= 11 is 0. The number of hydrogen-bond acceptors (Lipinski definition) is 3. The van der Waals surface area contributed by atoms with E-state index >= 15 is 0 Å². The lowest BCUT2D eigenvalue weighted by Gasteiger charge is -2.12. The van der Waals surface area contributed by atoms with Crippen LogP contribution in [-0.2, 0) is 9.53 Å². The van der Waals surface area contributed by atoms with Crippen LogP contribution in [0, 0.1) is 5.92 Å². The molecule has 0 bridgehead atoms. The van der Waals surface area contributed by atoms with E-state index in [0.717, 1.165) is 26.1 Å². The van der Waals surface area contributed by atoms with Crippen molar-refractivity contribution in [2.45, 2.75) is 26.3 Å². The number of rotatable bonds is 6. The van der Waals surface area contributed by atoms with Gasteiger partial charge in [-0.05, 0) is 12.3 Å². The molecule has 88 valence electrons. The first-order valence-corrected chi connectivity index (χ1v) is 5.67. The fourth-order valence-corrected chi connectivity index (χ4v) is 1.64. The largest absolute Gasteiger partial charge is 0.380 e. The lowest BCUT2D eigenvalue weighted by Crippen LogP contribution is -2.38. The van der Waals surface area contributed by atoms with Crippen LogP contribution in [0.2, 0.25) is 0 Å². The van der Waals surface area contributed by atoms with Gasteiger partial charge in [0.2, 0.25) is 5.91 Å². The molecule has 0 aromatic heterocycles. The van der Waals surface area contributed by atoms with Crippen molar-refractivity contribution in [3.8, 4) is 0 Å². The second-order valence-corrected chi connectivity index (χ2v) is 4.52. The van der Waals surface area contributed by atoms with Crippen LogP contribution in [0.3, 0.4) is 0 Å². The summed E-state index contributed by atoms with van der Waals surface area (Å²) < 4.78 is 5.43. The lowest BCUT2D eigenvalue weighted by atomic mass is 10.2. The molecule has 1 N–H and O–H groups in total. The summed E-state index contributed by atoms with van der Waals surface area (Å²) in [6.45, 7) is 7.36. The summed E-state index contributed by atoms with van der Waals surface area (Å²) in [6, 6.07) is 0.0117. The molecule has 1 saturated heterocycles. The quantitative estimate of drug-likeness (QED) is 0.654. The SMILES string of the molecule is CC(C)COCCNC1CCN(C)C1=O. The Hall–Kier alpha value is -0.610. The van der Waals surface area contributed by atoms with Crippen LogP contribution in [-0.4, -0.2) is 50.2 Å². The molecule has 1 unspecified atom stereocenters. The number of likely N-dealkylation sites (tertiary alicyclic amines) is 1. The van der Waals surface area contributed by atoms with Gasteiger partial charge in [-0.3, -0.25) is 4.79 Å². The monoisotopic (exact) mass is 214 g/mol. The van der Waals surface area contributed by atoms with Gasteiger partial charge in [0, 0.05) is 26.7 Å². The normalized spacial score (nSPS) is 21.7. The molecule has 1 aliphatic heterocycles. The highest BCUT2D eigenvalue weighted by Gasteiger charge is 2.27. The molecular formula is C11H22N2O2. The van der Waals surface area contributed by atoms with E-state index in [9.17, 15) is 4.79 Å². The van der Waals surface area contributed by atoms with Gasteiger partial charge in [-0.25, -0.2) is 0 Å². The first-order valence-electron chi connectivity index (χ1n) is 5.67. The van der Waals surface area contributed by atoms with Gasteiger partial charge < -0.3 is 15.0 Å². The second-order valence-electron chi connectivity index (χ2n) is 4.52. The number of carbonyl (C=O) groups excluding carboxylic acids is 1. The molecule has 1 atom stereocenters. The van der Waals surface area contributed by atoms with Crippen LogP contribution >= 0.6 is 0 Å². The van der Waals surface area contributed by atoms with Gasteiger partial charge in [0.15, 0.2) is 0 Å². The highest BCUT2D eigenvalue weighted by Crippen LogP contribution is 2.07. The standard InChI is InChI=1S/C11H22N2O2/c1-9(2)8-15-7-5-12-10-4-6-13(3)11(10)14/h9-10,12H,4-8H2,1-3H3. The zero-order valence-corrected chi connectivity index (χ0v) is 9.95. The van der Waals surface area contributed by atoms with E-state index in [0.29, 0.717) is 12.5 Å². The Kier molecular flexibility index (Phi) is 5.05. The first-order chi connectivity index (χ1) is 7.11. The van der Waals surface area contributed by atoms with Crippen LogP contribution in [0.5, 0.6) is 0 Å². The molecule has 1 fully saturated rings. The van der Waals surface area contributed by atoms with Gasteiger partial charge >= 0.3 is 0 Å². The van der Waals surface area contributed by atoms with Crippen molar-refractivity contribution in [3.63, 3.8) is 0 Å². The Morgan fingerprint density at radius 1 is 1.60 bits per heavy atom. The van der Waals surface area contributed by atoms with E-state index in [-0.39, 0.29) is 11.9 Å². The average Bonchev–Trinajstić information content (AvgIpc) is 2.48. The highest BCUT2D eigenvalue weighted by molar-refractivity contribution is 5.83. The zero-order valence-electron chi connectivity index (χ0n) is 9.95. The van der Waals surface area contributed by atoms with Crippen LogP contribution in [0.4, 0.5) is 0 Å². The second kappa shape index (κ2) is 6.08. The van der Waals surface area contributed by atoms with Crippen molar-refractivity contribution < 1.29 is 9.53 Å².